The summed E-state index contributed by atoms with van der Waals surface area (Å²) >= 11 is 0. The second-order valence-electron chi connectivity index (χ2n) is 6.91. The second kappa shape index (κ2) is 12.2. The first kappa shape index (κ1) is 25.4. The molecule has 32 heavy (non-hydrogen) atoms. The van der Waals surface area contributed by atoms with Crippen LogP contribution in [0.25, 0.3) is 0 Å². The maximum absolute atomic E-state index is 12.3. The number of nitrogens with zero attached hydrogens (tertiary/aromatic N) is 4. The minimum absolute atomic E-state index is 0. The summed E-state index contributed by atoms with van der Waals surface area (Å²) in [4.78, 5) is 30.7. The third kappa shape index (κ3) is 6.08. The molecule has 1 aliphatic rings. The first-order valence-electron chi connectivity index (χ1n) is 9.76. The van der Waals surface area contributed by atoms with Gasteiger partial charge in [0.2, 0.25) is 0 Å². The number of carbonyl (C=O) groups is 2. The number of hydrogen-bond acceptors (Lipinski definition) is 4. The largest absolute Gasteiger partial charge is 1.00 e. The Kier molecular flexibility index (Phi) is 9.67. The van der Waals surface area contributed by atoms with E-state index in [0.717, 1.165) is 30.0 Å². The smallest absolute Gasteiger partial charge is 0.264 e. The number of oxime groups is 1. The van der Waals surface area contributed by atoms with Crippen LogP contribution in [0.2, 0.25) is 0 Å². The van der Waals surface area contributed by atoms with E-state index in [-0.39, 0.29) is 52.5 Å². The number of fused-ring (bicyclic) bond motifs is 1. The monoisotopic (exact) mass is 560 g/mol. The molecule has 7 nitrogen and oxygen atoms in total. The maximum Gasteiger partial charge on any atom is 0.264 e. The van der Waals surface area contributed by atoms with Gasteiger partial charge in [-0.1, -0.05) is 23.4 Å². The van der Waals surface area contributed by atoms with Gasteiger partial charge in [-0.15, -0.1) is 0 Å². The molecule has 4 rings (SSSR count). The lowest BCUT2D eigenvalue weighted by Gasteiger charge is -2.11. The summed E-state index contributed by atoms with van der Waals surface area (Å²) in [5.41, 5.74) is 1.66. The van der Waals surface area contributed by atoms with Crippen LogP contribution < -0.4 is 43.1 Å². The minimum Gasteiger partial charge on any atom is -1.00 e. The van der Waals surface area contributed by atoms with Gasteiger partial charge < -0.3 is 38.8 Å². The summed E-state index contributed by atoms with van der Waals surface area (Å²) in [7, 11) is 0. The van der Waals surface area contributed by atoms with Crippen LogP contribution in [0, 0.1) is 0 Å². The fourth-order valence-corrected chi connectivity index (χ4v) is 3.27. The molecule has 0 saturated carbocycles. The van der Waals surface area contributed by atoms with Gasteiger partial charge in [0.1, 0.15) is 0 Å². The molecule has 0 spiro atoms. The molecule has 3 heterocycles. The molecule has 3 aromatic rings. The Morgan fingerprint density at radius 3 is 1.94 bits per heavy atom. The van der Waals surface area contributed by atoms with E-state index in [9.17, 15) is 9.59 Å². The number of pyridine rings is 2. The number of aromatic nitrogens is 2. The van der Waals surface area contributed by atoms with Crippen molar-refractivity contribution < 1.29 is 57.5 Å². The molecule has 0 radical (unpaired) electrons. The van der Waals surface area contributed by atoms with Crippen LogP contribution >= 0.6 is 0 Å². The van der Waals surface area contributed by atoms with Gasteiger partial charge in [-0.25, -0.2) is 14.0 Å². The molecule has 0 N–H and O–H groups in total. The zero-order valence-corrected chi connectivity index (χ0v) is 20.4. The van der Waals surface area contributed by atoms with Gasteiger partial charge >= 0.3 is 0 Å². The Morgan fingerprint density at radius 2 is 1.34 bits per heavy atom. The Morgan fingerprint density at radius 1 is 0.781 bits per heavy atom. The molecule has 0 saturated heterocycles. The molecule has 0 atom stereocenters. The second-order valence-corrected chi connectivity index (χ2v) is 6.91. The topological polar surface area (TPSA) is 66.7 Å². The molecule has 1 aromatic carbocycles. The summed E-state index contributed by atoms with van der Waals surface area (Å²) in [6, 6.07) is 16.7. The zero-order chi connectivity index (χ0) is 20.8. The van der Waals surface area contributed by atoms with E-state index in [4.69, 9.17) is 4.84 Å². The average molecular weight is 562 g/mol. The van der Waals surface area contributed by atoms with Crippen molar-refractivity contribution in [3.8, 4) is 0 Å². The lowest BCUT2D eigenvalue weighted by molar-refractivity contribution is -0.726. The normalized spacial score (nSPS) is 12.3. The third-order valence-electron chi connectivity index (χ3n) is 4.87. The Labute approximate surface area is 207 Å². The van der Waals surface area contributed by atoms with E-state index in [2.05, 4.69) is 26.7 Å². The molecule has 2 aromatic heterocycles. The van der Waals surface area contributed by atoms with E-state index in [1.807, 2.05) is 42.7 Å². The van der Waals surface area contributed by atoms with Crippen LogP contribution in [0.15, 0.2) is 84.5 Å². The van der Waals surface area contributed by atoms with Gasteiger partial charge in [0.25, 0.3) is 11.8 Å². The van der Waals surface area contributed by atoms with Gasteiger partial charge in [0, 0.05) is 29.8 Å². The molecule has 0 unspecified atom stereocenters. The van der Waals surface area contributed by atoms with E-state index >= 15 is 0 Å². The van der Waals surface area contributed by atoms with Crippen molar-refractivity contribution in [2.45, 2.75) is 19.5 Å². The quantitative estimate of drug-likeness (QED) is 0.122. The molecule has 0 fully saturated rings. The number of imide groups is 1. The number of benzene rings is 1. The molecular weight excluding hydrogens is 540 g/mol. The SMILES string of the molecule is O=C1c2ccccc2C(=O)N1CON=Cc1cc[n+](CCC[n+]2ccccc2)cc1.[Br-].[Br-]. The van der Waals surface area contributed by atoms with Gasteiger partial charge in [-0.05, 0) is 12.1 Å². The van der Waals surface area contributed by atoms with Crippen LogP contribution in [0.3, 0.4) is 0 Å². The van der Waals surface area contributed by atoms with Crippen molar-refractivity contribution in [1.29, 1.82) is 0 Å². The number of aryl methyl sites for hydroxylation is 2. The Bertz CT molecular complexity index is 1040. The lowest BCUT2D eigenvalue weighted by atomic mass is 10.1. The van der Waals surface area contributed by atoms with E-state index in [1.54, 1.807) is 30.5 Å². The van der Waals surface area contributed by atoms with Crippen molar-refractivity contribution in [2.75, 3.05) is 6.73 Å². The number of halogens is 2. The fourth-order valence-electron chi connectivity index (χ4n) is 3.27. The van der Waals surface area contributed by atoms with Gasteiger partial charge in [0.05, 0.1) is 23.8 Å². The maximum atomic E-state index is 12.3. The van der Waals surface area contributed by atoms with Crippen LogP contribution in [0.4, 0.5) is 0 Å². The van der Waals surface area contributed by atoms with Crippen LogP contribution in [-0.2, 0) is 17.9 Å². The van der Waals surface area contributed by atoms with Crippen molar-refractivity contribution in [3.05, 3.63) is 96.1 Å². The summed E-state index contributed by atoms with van der Waals surface area (Å²) in [6.45, 7) is 1.66. The number of rotatable bonds is 8. The zero-order valence-electron chi connectivity index (χ0n) is 17.2. The summed E-state index contributed by atoms with van der Waals surface area (Å²) < 4.78 is 4.27. The van der Waals surface area contributed by atoms with Crippen LogP contribution in [0.1, 0.15) is 32.7 Å². The van der Waals surface area contributed by atoms with Gasteiger partial charge in [-0.2, -0.15) is 0 Å². The number of amides is 2. The summed E-state index contributed by atoms with van der Waals surface area (Å²) in [5.74, 6) is -0.722. The van der Waals surface area contributed by atoms with Crippen LogP contribution in [-0.4, -0.2) is 29.7 Å². The highest BCUT2D eigenvalue weighted by molar-refractivity contribution is 6.21. The average Bonchev–Trinajstić information content (AvgIpc) is 3.03. The molecule has 166 valence electrons. The van der Waals surface area contributed by atoms with Crippen molar-refractivity contribution in [3.63, 3.8) is 0 Å². The summed E-state index contributed by atoms with van der Waals surface area (Å²) in [5, 5.41) is 3.88. The first-order chi connectivity index (χ1) is 14.7. The molecule has 9 heteroatoms. The predicted octanol–water partition coefficient (Wildman–Crippen LogP) is -4.04. The fraction of sp³-hybridized carbons (Fsp3) is 0.174. The van der Waals surface area contributed by atoms with Crippen LogP contribution in [0.5, 0.6) is 0 Å². The standard InChI is InChI=1S/C23H22N4O3.2BrH/c28-22-20-7-2-3-8-21(20)23(29)27(22)18-30-24-17-19-9-15-26(16-10-19)14-6-13-25-11-4-1-5-12-25;;/h1-5,7-12,15-17H,6,13-14,18H2;2*1H/q+2;;/p-2. The lowest BCUT2D eigenvalue weighted by Crippen LogP contribution is -3.00. The van der Waals surface area contributed by atoms with Crippen molar-refractivity contribution in [1.82, 2.24) is 4.90 Å². The van der Waals surface area contributed by atoms with Crippen molar-refractivity contribution >= 4 is 18.0 Å². The van der Waals surface area contributed by atoms with Gasteiger partial charge in [0.15, 0.2) is 44.6 Å². The Hall–Kier alpha value is -2.91. The molecular formula is C23H22Br2N4O3. The molecule has 0 aliphatic carbocycles. The summed E-state index contributed by atoms with van der Waals surface area (Å²) in [6.07, 6.45) is 10.7. The highest BCUT2D eigenvalue weighted by Gasteiger charge is 2.35. The number of carbonyl (C=O) groups excluding carboxylic acids is 2. The van der Waals surface area contributed by atoms with E-state index in [0.29, 0.717) is 11.1 Å². The van der Waals surface area contributed by atoms with Crippen molar-refractivity contribution in [2.24, 2.45) is 5.16 Å². The molecule has 0 bridgehead atoms. The van der Waals surface area contributed by atoms with E-state index < -0.39 is 0 Å². The van der Waals surface area contributed by atoms with Gasteiger partial charge in [-0.3, -0.25) is 9.59 Å². The van der Waals surface area contributed by atoms with E-state index in [1.165, 1.54) is 0 Å². The highest BCUT2D eigenvalue weighted by atomic mass is 79.9. The highest BCUT2D eigenvalue weighted by Crippen LogP contribution is 2.21. The predicted molar refractivity (Wildman–Crippen MR) is 108 cm³/mol. The third-order valence-corrected chi connectivity index (χ3v) is 4.87. The molecule has 1 aliphatic heterocycles. The first-order valence-corrected chi connectivity index (χ1v) is 9.76. The molecule has 2 amide bonds. The number of hydrogen-bond donors (Lipinski definition) is 0. The Balaban J connectivity index is 0.00000181. The minimum atomic E-state index is -0.361.